The van der Waals surface area contributed by atoms with Gasteiger partial charge in [0, 0.05) is 29.5 Å². The number of thioether (sulfide) groups is 1. The molecule has 0 aliphatic carbocycles. The maximum Gasteiger partial charge on any atom is 0.148 e. The molecule has 0 atom stereocenters. The van der Waals surface area contributed by atoms with Crippen LogP contribution in [-0.4, -0.2) is 32.2 Å². The molecule has 0 saturated heterocycles. The Balaban J connectivity index is 2.70. The Morgan fingerprint density at radius 3 is 2.63 bits per heavy atom. The molecule has 0 saturated carbocycles. The van der Waals surface area contributed by atoms with Gasteiger partial charge in [0.1, 0.15) is 15.7 Å². The topological polar surface area (TPSA) is 46.2 Å². The molecule has 0 unspecified atom stereocenters. The van der Waals surface area contributed by atoms with Crippen LogP contribution in [0.15, 0.2) is 23.1 Å². The molecule has 108 valence electrons. The van der Waals surface area contributed by atoms with Gasteiger partial charge in [-0.25, -0.2) is 12.8 Å². The molecule has 1 N–H and O–H groups in total. The van der Waals surface area contributed by atoms with Gasteiger partial charge in [-0.15, -0.1) is 11.8 Å². The maximum atomic E-state index is 13.3. The largest absolute Gasteiger partial charge is 0.310 e. The summed E-state index contributed by atoms with van der Waals surface area (Å²) in [5, 5.41) is 3.24. The molecule has 0 amide bonds. The highest BCUT2D eigenvalue weighted by Crippen LogP contribution is 2.24. The van der Waals surface area contributed by atoms with Crippen LogP contribution in [0.2, 0.25) is 0 Å². The minimum atomic E-state index is -2.95. The van der Waals surface area contributed by atoms with Crippen LogP contribution in [-0.2, 0) is 16.4 Å². The van der Waals surface area contributed by atoms with Crippen molar-refractivity contribution < 1.29 is 12.8 Å². The second-order valence-electron chi connectivity index (χ2n) is 4.77. The molecule has 0 fully saturated rings. The van der Waals surface area contributed by atoms with Gasteiger partial charge in [0.25, 0.3) is 0 Å². The summed E-state index contributed by atoms with van der Waals surface area (Å²) in [5.41, 5.74) is 0.868. The van der Waals surface area contributed by atoms with Crippen LogP contribution in [0.5, 0.6) is 0 Å². The summed E-state index contributed by atoms with van der Waals surface area (Å²) < 4.78 is 35.4. The number of halogens is 1. The van der Waals surface area contributed by atoms with Gasteiger partial charge in [-0.2, -0.15) is 0 Å². The van der Waals surface area contributed by atoms with E-state index in [9.17, 15) is 12.8 Å². The van der Waals surface area contributed by atoms with Gasteiger partial charge in [0.2, 0.25) is 0 Å². The third-order valence-electron chi connectivity index (χ3n) is 2.43. The average Bonchev–Trinajstić information content (AvgIpc) is 2.27. The van der Waals surface area contributed by atoms with Gasteiger partial charge >= 0.3 is 0 Å². The lowest BCUT2D eigenvalue weighted by molar-refractivity contribution is 0.576. The standard InChI is InChI=1S/C13H20FNO2S2/c1-10(2)15-9-11-8-12(14)4-5-13(11)18-6-7-19(3,16)17/h4-5,8,10,15H,6-7,9H2,1-3H3. The SMILES string of the molecule is CC(C)NCc1cc(F)ccc1SCCS(C)(=O)=O. The second-order valence-corrected chi connectivity index (χ2v) is 8.16. The number of sulfone groups is 1. The van der Waals surface area contributed by atoms with Crippen LogP contribution in [0.1, 0.15) is 19.4 Å². The van der Waals surface area contributed by atoms with Crippen molar-refractivity contribution in [1.29, 1.82) is 0 Å². The zero-order valence-electron chi connectivity index (χ0n) is 11.4. The third kappa shape index (κ3) is 6.94. The first-order valence-electron chi connectivity index (χ1n) is 6.10. The Kier molecular flexibility index (Phi) is 6.29. The van der Waals surface area contributed by atoms with E-state index in [2.05, 4.69) is 5.32 Å². The van der Waals surface area contributed by atoms with Crippen molar-refractivity contribution in [3.05, 3.63) is 29.6 Å². The zero-order chi connectivity index (χ0) is 14.5. The van der Waals surface area contributed by atoms with Crippen molar-refractivity contribution in [3.63, 3.8) is 0 Å². The van der Waals surface area contributed by atoms with E-state index in [1.807, 2.05) is 13.8 Å². The molecule has 1 rings (SSSR count). The summed E-state index contributed by atoms with van der Waals surface area (Å²) >= 11 is 1.45. The van der Waals surface area contributed by atoms with Gasteiger partial charge in [0.15, 0.2) is 0 Å². The number of nitrogens with one attached hydrogen (secondary N) is 1. The maximum absolute atomic E-state index is 13.3. The molecule has 0 heterocycles. The molecular weight excluding hydrogens is 285 g/mol. The van der Waals surface area contributed by atoms with Crippen molar-refractivity contribution >= 4 is 21.6 Å². The Morgan fingerprint density at radius 2 is 2.05 bits per heavy atom. The molecule has 0 aliphatic heterocycles. The lowest BCUT2D eigenvalue weighted by Crippen LogP contribution is -2.22. The van der Waals surface area contributed by atoms with E-state index in [0.717, 1.165) is 10.5 Å². The first-order chi connectivity index (χ1) is 8.78. The summed E-state index contributed by atoms with van der Waals surface area (Å²) in [6.07, 6.45) is 1.22. The Labute approximate surface area is 118 Å². The number of rotatable bonds is 7. The molecule has 0 bridgehead atoms. The van der Waals surface area contributed by atoms with Crippen molar-refractivity contribution in [2.24, 2.45) is 0 Å². The molecule has 0 radical (unpaired) electrons. The highest BCUT2D eigenvalue weighted by Gasteiger charge is 2.08. The highest BCUT2D eigenvalue weighted by molar-refractivity contribution is 8.00. The van der Waals surface area contributed by atoms with Gasteiger partial charge in [-0.3, -0.25) is 0 Å². The zero-order valence-corrected chi connectivity index (χ0v) is 13.1. The first kappa shape index (κ1) is 16.5. The highest BCUT2D eigenvalue weighted by atomic mass is 32.2. The average molecular weight is 305 g/mol. The van der Waals surface area contributed by atoms with Gasteiger partial charge in [0.05, 0.1) is 5.75 Å². The van der Waals surface area contributed by atoms with Crippen LogP contribution >= 0.6 is 11.8 Å². The quantitative estimate of drug-likeness (QED) is 0.786. The van der Waals surface area contributed by atoms with Gasteiger partial charge in [-0.05, 0) is 23.8 Å². The normalized spacial score (nSPS) is 12.1. The minimum absolute atomic E-state index is 0.131. The summed E-state index contributed by atoms with van der Waals surface area (Å²) in [7, 11) is -2.95. The lowest BCUT2D eigenvalue weighted by atomic mass is 10.2. The molecule has 6 heteroatoms. The van der Waals surface area contributed by atoms with E-state index in [1.165, 1.54) is 30.2 Å². The van der Waals surface area contributed by atoms with E-state index in [-0.39, 0.29) is 11.6 Å². The Morgan fingerprint density at radius 1 is 1.37 bits per heavy atom. The van der Waals surface area contributed by atoms with E-state index in [4.69, 9.17) is 0 Å². The fourth-order valence-electron chi connectivity index (χ4n) is 1.44. The predicted octanol–water partition coefficient (Wildman–Crippen LogP) is 2.46. The second kappa shape index (κ2) is 7.26. The van der Waals surface area contributed by atoms with Crippen molar-refractivity contribution in [1.82, 2.24) is 5.32 Å². The van der Waals surface area contributed by atoms with Crippen molar-refractivity contribution in [2.75, 3.05) is 17.8 Å². The van der Waals surface area contributed by atoms with Crippen LogP contribution < -0.4 is 5.32 Å². The van der Waals surface area contributed by atoms with Crippen molar-refractivity contribution in [2.45, 2.75) is 31.3 Å². The minimum Gasteiger partial charge on any atom is -0.310 e. The van der Waals surface area contributed by atoms with Crippen LogP contribution in [0.4, 0.5) is 4.39 Å². The number of benzene rings is 1. The number of hydrogen-bond acceptors (Lipinski definition) is 4. The fraction of sp³-hybridized carbons (Fsp3) is 0.538. The van der Waals surface area contributed by atoms with E-state index in [1.54, 1.807) is 6.07 Å². The molecule has 0 aromatic heterocycles. The molecular formula is C13H20FNO2S2. The summed E-state index contributed by atoms with van der Waals surface area (Å²) in [4.78, 5) is 0.929. The van der Waals surface area contributed by atoms with Crippen LogP contribution in [0.3, 0.4) is 0 Å². The Hall–Kier alpha value is -0.590. The predicted molar refractivity (Wildman–Crippen MR) is 78.8 cm³/mol. The molecule has 0 spiro atoms. The van der Waals surface area contributed by atoms with Crippen LogP contribution in [0.25, 0.3) is 0 Å². The number of hydrogen-bond donors (Lipinski definition) is 1. The molecule has 3 nitrogen and oxygen atoms in total. The van der Waals surface area contributed by atoms with E-state index in [0.29, 0.717) is 18.3 Å². The van der Waals surface area contributed by atoms with Crippen molar-refractivity contribution in [3.8, 4) is 0 Å². The smallest absolute Gasteiger partial charge is 0.148 e. The van der Waals surface area contributed by atoms with E-state index < -0.39 is 9.84 Å². The molecule has 1 aromatic rings. The summed E-state index contributed by atoms with van der Waals surface area (Å²) in [6, 6.07) is 4.93. The Bertz CT molecular complexity index is 515. The van der Waals surface area contributed by atoms with Crippen LogP contribution in [0, 0.1) is 5.82 Å². The van der Waals surface area contributed by atoms with Gasteiger partial charge in [-0.1, -0.05) is 13.8 Å². The fourth-order valence-corrected chi connectivity index (χ4v) is 3.69. The third-order valence-corrected chi connectivity index (χ3v) is 4.76. The molecule has 1 aromatic carbocycles. The van der Waals surface area contributed by atoms with Gasteiger partial charge < -0.3 is 5.32 Å². The monoisotopic (exact) mass is 305 g/mol. The first-order valence-corrected chi connectivity index (χ1v) is 9.15. The summed E-state index contributed by atoms with van der Waals surface area (Å²) in [6.45, 7) is 4.63. The molecule has 0 aliphatic rings. The molecule has 19 heavy (non-hydrogen) atoms. The lowest BCUT2D eigenvalue weighted by Gasteiger charge is -2.12. The summed E-state index contributed by atoms with van der Waals surface area (Å²) in [5.74, 6) is 0.346. The van der Waals surface area contributed by atoms with E-state index >= 15 is 0 Å².